The van der Waals surface area contributed by atoms with E-state index in [2.05, 4.69) is 20.6 Å². The number of aryl methyl sites for hydroxylation is 2. The molecule has 0 saturated carbocycles. The van der Waals surface area contributed by atoms with Gasteiger partial charge in [-0.3, -0.25) is 4.99 Å². The summed E-state index contributed by atoms with van der Waals surface area (Å²) in [5.74, 6) is 0.814. The molecule has 1 unspecified atom stereocenters. The van der Waals surface area contributed by atoms with Crippen molar-refractivity contribution in [2.75, 3.05) is 33.4 Å². The second kappa shape index (κ2) is 11.2. The van der Waals surface area contributed by atoms with Crippen molar-refractivity contribution in [1.29, 1.82) is 0 Å². The van der Waals surface area contributed by atoms with Crippen LogP contribution < -0.4 is 10.6 Å². The number of aromatic nitrogens is 1. The van der Waals surface area contributed by atoms with Crippen LogP contribution in [0.4, 0.5) is 0 Å². The van der Waals surface area contributed by atoms with Crippen molar-refractivity contribution in [3.63, 3.8) is 0 Å². The summed E-state index contributed by atoms with van der Waals surface area (Å²) in [4.78, 5) is 9.92. The number of aliphatic imine (C=N–C) groups is 1. The third-order valence-corrected chi connectivity index (χ3v) is 4.57. The third kappa shape index (κ3) is 7.32. The first-order chi connectivity index (χ1) is 10.7. The van der Waals surface area contributed by atoms with Crippen molar-refractivity contribution in [2.24, 2.45) is 4.99 Å². The Morgan fingerprint density at radius 2 is 2.26 bits per heavy atom. The fraction of sp³-hybridized carbons (Fsp3) is 0.733. The minimum absolute atomic E-state index is 0. The first-order valence-electron chi connectivity index (χ1n) is 7.76. The lowest BCUT2D eigenvalue weighted by Gasteiger charge is -2.13. The van der Waals surface area contributed by atoms with Crippen LogP contribution in [-0.4, -0.2) is 50.5 Å². The number of nitrogens with zero attached hydrogens (tertiary/aromatic N) is 2. The van der Waals surface area contributed by atoms with E-state index in [9.17, 15) is 0 Å². The summed E-state index contributed by atoms with van der Waals surface area (Å²) in [6.07, 6.45) is 2.26. The number of nitrogens with one attached hydrogen (secondary N) is 2. The molecule has 0 bridgehead atoms. The monoisotopic (exact) mass is 454 g/mol. The Kier molecular flexibility index (Phi) is 10.00. The van der Waals surface area contributed by atoms with Crippen LogP contribution in [0.3, 0.4) is 0 Å². The lowest BCUT2D eigenvalue weighted by atomic mass is 10.3. The van der Waals surface area contributed by atoms with E-state index in [1.807, 2.05) is 13.8 Å². The van der Waals surface area contributed by atoms with E-state index in [0.717, 1.165) is 62.4 Å². The quantitative estimate of drug-likeness (QED) is 0.286. The van der Waals surface area contributed by atoms with Gasteiger partial charge in [-0.15, -0.1) is 35.3 Å². The zero-order valence-corrected chi connectivity index (χ0v) is 17.2. The Morgan fingerprint density at radius 3 is 2.87 bits per heavy atom. The van der Waals surface area contributed by atoms with Gasteiger partial charge in [0.05, 0.1) is 30.0 Å². The van der Waals surface area contributed by atoms with Crippen molar-refractivity contribution >= 4 is 41.3 Å². The van der Waals surface area contributed by atoms with Crippen LogP contribution >= 0.6 is 35.3 Å². The van der Waals surface area contributed by atoms with Gasteiger partial charge in [0.1, 0.15) is 0 Å². The molecule has 1 aromatic rings. The molecular formula is C15H27IN4O2S. The van der Waals surface area contributed by atoms with Crippen LogP contribution in [-0.2, 0) is 16.0 Å². The minimum atomic E-state index is 0. The zero-order valence-electron chi connectivity index (χ0n) is 14.1. The minimum Gasteiger partial charge on any atom is -0.379 e. The van der Waals surface area contributed by atoms with E-state index in [0.29, 0.717) is 0 Å². The van der Waals surface area contributed by atoms with Crippen LogP contribution in [0, 0.1) is 13.8 Å². The fourth-order valence-electron chi connectivity index (χ4n) is 2.30. The molecule has 2 N–H and O–H groups in total. The standard InChI is InChI=1S/C15H26N4O2S.HI/c1-11-14(22-12(2)19-11)9-18-15(16-3)17-6-4-7-21-13-5-8-20-10-13;/h13H,4-10H2,1-3H3,(H2,16,17,18);1H. The number of hydrogen-bond donors (Lipinski definition) is 2. The van der Waals surface area contributed by atoms with Gasteiger partial charge < -0.3 is 20.1 Å². The van der Waals surface area contributed by atoms with Crippen LogP contribution in [0.15, 0.2) is 4.99 Å². The molecule has 1 aliphatic heterocycles. The molecule has 1 aromatic heterocycles. The molecule has 0 spiro atoms. The van der Waals surface area contributed by atoms with Gasteiger partial charge in [-0.2, -0.15) is 0 Å². The molecular weight excluding hydrogens is 427 g/mol. The summed E-state index contributed by atoms with van der Waals surface area (Å²) in [5, 5.41) is 7.73. The van der Waals surface area contributed by atoms with E-state index in [1.54, 1.807) is 18.4 Å². The smallest absolute Gasteiger partial charge is 0.191 e. The lowest BCUT2D eigenvalue weighted by molar-refractivity contribution is 0.0420. The van der Waals surface area contributed by atoms with Crippen molar-refractivity contribution < 1.29 is 9.47 Å². The highest BCUT2D eigenvalue weighted by Crippen LogP contribution is 2.16. The van der Waals surface area contributed by atoms with Crippen LogP contribution in [0.25, 0.3) is 0 Å². The Labute approximate surface area is 159 Å². The summed E-state index contributed by atoms with van der Waals surface area (Å²) in [6.45, 7) is 8.00. The molecule has 2 rings (SSSR count). The van der Waals surface area contributed by atoms with Gasteiger partial charge in [-0.05, 0) is 26.7 Å². The van der Waals surface area contributed by atoms with Gasteiger partial charge in [0.2, 0.25) is 0 Å². The van der Waals surface area contributed by atoms with Crippen molar-refractivity contribution in [1.82, 2.24) is 15.6 Å². The number of halogens is 1. The molecule has 0 radical (unpaired) electrons. The summed E-state index contributed by atoms with van der Waals surface area (Å²) < 4.78 is 11.0. The second-order valence-electron chi connectivity index (χ2n) is 5.30. The second-order valence-corrected chi connectivity index (χ2v) is 6.59. The highest BCUT2D eigenvalue weighted by molar-refractivity contribution is 14.0. The number of thiazole rings is 1. The fourth-order valence-corrected chi connectivity index (χ4v) is 3.17. The van der Waals surface area contributed by atoms with E-state index in [4.69, 9.17) is 9.47 Å². The van der Waals surface area contributed by atoms with Crippen molar-refractivity contribution in [3.05, 3.63) is 15.6 Å². The van der Waals surface area contributed by atoms with Crippen LogP contribution in [0.5, 0.6) is 0 Å². The molecule has 0 aromatic carbocycles. The Balaban J connectivity index is 0.00000264. The SMILES string of the molecule is CN=C(NCCCOC1CCOC1)NCc1sc(C)nc1C.I. The van der Waals surface area contributed by atoms with Gasteiger partial charge in [-0.1, -0.05) is 0 Å². The van der Waals surface area contributed by atoms with Crippen molar-refractivity contribution in [3.8, 4) is 0 Å². The maximum atomic E-state index is 5.73. The average molecular weight is 454 g/mol. The highest BCUT2D eigenvalue weighted by atomic mass is 127. The van der Waals surface area contributed by atoms with Crippen molar-refractivity contribution in [2.45, 2.75) is 39.3 Å². The van der Waals surface area contributed by atoms with E-state index in [1.165, 1.54) is 4.88 Å². The molecule has 0 amide bonds. The largest absolute Gasteiger partial charge is 0.379 e. The van der Waals surface area contributed by atoms with E-state index < -0.39 is 0 Å². The maximum Gasteiger partial charge on any atom is 0.191 e. The number of hydrogen-bond acceptors (Lipinski definition) is 5. The van der Waals surface area contributed by atoms with Crippen LogP contribution in [0.1, 0.15) is 28.4 Å². The number of guanidine groups is 1. The zero-order chi connectivity index (χ0) is 15.8. The first kappa shape index (κ1) is 20.6. The van der Waals surface area contributed by atoms with Gasteiger partial charge in [0, 0.05) is 31.7 Å². The topological polar surface area (TPSA) is 67.8 Å². The number of ether oxygens (including phenoxy) is 2. The highest BCUT2D eigenvalue weighted by Gasteiger charge is 2.15. The lowest BCUT2D eigenvalue weighted by Crippen LogP contribution is -2.37. The molecule has 8 heteroatoms. The summed E-state index contributed by atoms with van der Waals surface area (Å²) in [7, 11) is 1.78. The Bertz CT molecular complexity index is 490. The average Bonchev–Trinajstić information content (AvgIpc) is 3.11. The first-order valence-corrected chi connectivity index (χ1v) is 8.57. The summed E-state index contributed by atoms with van der Waals surface area (Å²) in [6, 6.07) is 0. The summed E-state index contributed by atoms with van der Waals surface area (Å²) >= 11 is 1.72. The Hall–Kier alpha value is -0.450. The molecule has 2 heterocycles. The molecule has 0 aliphatic carbocycles. The summed E-state index contributed by atoms with van der Waals surface area (Å²) in [5.41, 5.74) is 1.10. The van der Waals surface area contributed by atoms with Crippen LogP contribution in [0.2, 0.25) is 0 Å². The molecule has 1 aliphatic rings. The maximum absolute atomic E-state index is 5.73. The molecule has 1 atom stereocenters. The number of rotatable bonds is 7. The third-order valence-electron chi connectivity index (χ3n) is 3.49. The molecule has 1 fully saturated rings. The molecule has 132 valence electrons. The molecule has 23 heavy (non-hydrogen) atoms. The van der Waals surface area contributed by atoms with E-state index in [-0.39, 0.29) is 30.1 Å². The van der Waals surface area contributed by atoms with Gasteiger partial charge in [-0.25, -0.2) is 4.98 Å². The predicted octanol–water partition coefficient (Wildman–Crippen LogP) is 2.24. The van der Waals surface area contributed by atoms with Gasteiger partial charge in [0.15, 0.2) is 5.96 Å². The van der Waals surface area contributed by atoms with Gasteiger partial charge in [0.25, 0.3) is 0 Å². The Morgan fingerprint density at radius 1 is 1.43 bits per heavy atom. The molecule has 1 saturated heterocycles. The van der Waals surface area contributed by atoms with E-state index >= 15 is 0 Å². The molecule has 6 nitrogen and oxygen atoms in total. The normalized spacial score (nSPS) is 17.9. The predicted molar refractivity (Wildman–Crippen MR) is 105 cm³/mol. The van der Waals surface area contributed by atoms with Gasteiger partial charge >= 0.3 is 0 Å².